The number of halogens is 4. The molecule has 0 aliphatic carbocycles. The average molecular weight is 653 g/mol. The number of nitrogens with two attached hydrogens (primary N) is 1. The predicted octanol–water partition coefficient (Wildman–Crippen LogP) is 4.64. The van der Waals surface area contributed by atoms with Crippen LogP contribution in [-0.4, -0.2) is 61.0 Å². The molecule has 2 aromatic heterocycles. The summed E-state index contributed by atoms with van der Waals surface area (Å²) in [6.45, 7) is 8.95. The van der Waals surface area contributed by atoms with Crippen molar-refractivity contribution in [3.05, 3.63) is 52.2 Å². The van der Waals surface area contributed by atoms with Gasteiger partial charge in [0.1, 0.15) is 50.9 Å². The highest BCUT2D eigenvalue weighted by Crippen LogP contribution is 2.62. The molecule has 2 aromatic rings. The fourth-order valence-corrected chi connectivity index (χ4v) is 8.19. The van der Waals surface area contributed by atoms with Crippen LogP contribution in [0, 0.1) is 17.1 Å². The van der Waals surface area contributed by atoms with Crippen molar-refractivity contribution in [3.8, 4) is 6.07 Å². The van der Waals surface area contributed by atoms with E-state index in [0.717, 1.165) is 12.3 Å². The smallest absolute Gasteiger partial charge is 0.413 e. The molecule has 0 saturated heterocycles. The van der Waals surface area contributed by atoms with E-state index in [1.165, 1.54) is 19.1 Å². The van der Waals surface area contributed by atoms with E-state index in [-0.39, 0.29) is 33.6 Å². The normalized spacial score (nSPS) is 24.0. The van der Waals surface area contributed by atoms with Gasteiger partial charge in [-0.3, -0.25) is 20.4 Å². The number of anilines is 1. The summed E-state index contributed by atoms with van der Waals surface area (Å²) in [4.78, 5) is 37.2. The average Bonchev–Trinajstić information content (AvgIpc) is 2.89. The van der Waals surface area contributed by atoms with E-state index in [9.17, 15) is 9.59 Å². The van der Waals surface area contributed by atoms with Crippen LogP contribution in [0.25, 0.3) is 0 Å². The van der Waals surface area contributed by atoms with Crippen LogP contribution in [-0.2, 0) is 10.3 Å². The van der Waals surface area contributed by atoms with Gasteiger partial charge in [-0.05, 0) is 59.7 Å². The fraction of sp³-hybridized carbons (Fsp3) is 0.464. The number of pyridine rings is 2. The van der Waals surface area contributed by atoms with Gasteiger partial charge in [-0.25, -0.2) is 27.9 Å². The lowest BCUT2D eigenvalue weighted by atomic mass is 9.82. The number of nitrogens with zero attached hydrogens (tertiary/aromatic N) is 4. The van der Waals surface area contributed by atoms with Crippen molar-refractivity contribution < 1.29 is 27.5 Å². The van der Waals surface area contributed by atoms with Crippen LogP contribution >= 0.6 is 22.1 Å². The highest BCUT2D eigenvalue weighted by molar-refractivity contribution is 8.19. The first-order chi connectivity index (χ1) is 20.3. The maximum absolute atomic E-state index is 15.8. The minimum absolute atomic E-state index is 0.0752. The monoisotopic (exact) mass is 652 g/mol. The molecule has 236 valence electrons. The lowest BCUT2D eigenvalue weighted by Gasteiger charge is -2.61. The molecule has 3 atom stereocenters. The summed E-state index contributed by atoms with van der Waals surface area (Å²) in [5.41, 5.74) is 3.88. The number of amides is 2. The molecule has 0 fully saturated rings. The number of aliphatic imine (C=N–C) groups is 1. The van der Waals surface area contributed by atoms with E-state index in [2.05, 4.69) is 25.9 Å². The van der Waals surface area contributed by atoms with E-state index in [1.54, 1.807) is 40.1 Å². The number of ether oxygens (including phenoxy) is 1. The number of hydrogen-bond acceptors (Lipinski definition) is 9. The number of hydrogen-bond donors (Lipinski definition) is 4. The van der Waals surface area contributed by atoms with Gasteiger partial charge in [0.05, 0.1) is 21.9 Å². The number of carbonyl (C=O) groups is 2. The van der Waals surface area contributed by atoms with Gasteiger partial charge in [0, 0.05) is 18.1 Å². The van der Waals surface area contributed by atoms with E-state index in [0.29, 0.717) is 0 Å². The number of aromatic nitrogens is 2. The van der Waals surface area contributed by atoms with E-state index >= 15 is 13.2 Å². The van der Waals surface area contributed by atoms with Gasteiger partial charge >= 0.3 is 6.09 Å². The predicted molar refractivity (Wildman–Crippen MR) is 162 cm³/mol. The van der Waals surface area contributed by atoms with Crippen molar-refractivity contribution in [1.29, 1.82) is 5.26 Å². The number of alkyl halides is 2. The summed E-state index contributed by atoms with van der Waals surface area (Å²) in [5, 5.41) is 17.1. The quantitative estimate of drug-likeness (QED) is 0.328. The first-order valence-electron chi connectivity index (χ1n) is 13.4. The highest BCUT2D eigenvalue weighted by atomic mass is 35.5. The van der Waals surface area contributed by atoms with E-state index in [1.807, 2.05) is 6.07 Å². The zero-order chi connectivity index (χ0) is 32.9. The molecule has 11 nitrogen and oxygen atoms in total. The summed E-state index contributed by atoms with van der Waals surface area (Å²) >= 11 is 6.12. The Balaban J connectivity index is 1.85. The highest BCUT2D eigenvalue weighted by Gasteiger charge is 2.66. The van der Waals surface area contributed by atoms with Crippen molar-refractivity contribution in [2.75, 3.05) is 11.9 Å². The lowest BCUT2D eigenvalue weighted by molar-refractivity contribution is -0.0208. The van der Waals surface area contributed by atoms with Crippen LogP contribution in [0.2, 0.25) is 5.02 Å². The molecule has 2 aliphatic rings. The van der Waals surface area contributed by atoms with Crippen LogP contribution in [0.5, 0.6) is 0 Å². The summed E-state index contributed by atoms with van der Waals surface area (Å²) < 4.78 is 50.4. The van der Waals surface area contributed by atoms with E-state index < -0.39 is 67.9 Å². The topological polar surface area (TPSA) is 167 Å². The molecule has 44 heavy (non-hydrogen) atoms. The van der Waals surface area contributed by atoms with Crippen molar-refractivity contribution in [3.63, 3.8) is 0 Å². The molecule has 0 saturated carbocycles. The first kappa shape index (κ1) is 33.3. The maximum Gasteiger partial charge on any atom is 0.413 e. The van der Waals surface area contributed by atoms with Crippen LogP contribution in [0.15, 0.2) is 29.4 Å². The third-order valence-corrected chi connectivity index (χ3v) is 10.5. The van der Waals surface area contributed by atoms with Crippen LogP contribution in [0.4, 0.5) is 23.8 Å². The van der Waals surface area contributed by atoms with Gasteiger partial charge in [-0.15, -0.1) is 10.5 Å². The number of alkyl carbamates (subject to hydrolysis) is 1. The summed E-state index contributed by atoms with van der Waals surface area (Å²) in [7, 11) is -1.09. The Morgan fingerprint density at radius 2 is 1.91 bits per heavy atom. The van der Waals surface area contributed by atoms with E-state index in [4.69, 9.17) is 32.3 Å². The van der Waals surface area contributed by atoms with Crippen molar-refractivity contribution >= 4 is 51.2 Å². The molecule has 0 unspecified atom stereocenters. The van der Waals surface area contributed by atoms with Gasteiger partial charge < -0.3 is 15.8 Å². The Hall–Kier alpha value is -3.58. The molecule has 4 rings (SSSR count). The lowest BCUT2D eigenvalue weighted by Crippen LogP contribution is -2.72. The number of rotatable bonds is 6. The molecule has 16 heteroatoms. The molecule has 2 amide bonds. The molecule has 2 aliphatic heterocycles. The van der Waals surface area contributed by atoms with Gasteiger partial charge in [0.25, 0.3) is 11.8 Å². The summed E-state index contributed by atoms with van der Waals surface area (Å²) in [6.07, 6.45) is -0.504. The second-order valence-electron chi connectivity index (χ2n) is 12.0. The fourth-order valence-electron chi connectivity index (χ4n) is 5.01. The zero-order valence-electron chi connectivity index (χ0n) is 24.8. The molecule has 0 bridgehead atoms. The number of nitriles is 1. The Kier molecular flexibility index (Phi) is 8.64. The van der Waals surface area contributed by atoms with Crippen LogP contribution < -0.4 is 21.7 Å². The maximum atomic E-state index is 15.8. The Morgan fingerprint density at radius 3 is 2.45 bits per heavy atom. The molecule has 5 N–H and O–H groups in total. The largest absolute Gasteiger partial charge is 0.444 e. The third kappa shape index (κ3) is 6.03. The number of fused-ring (bicyclic) bond motifs is 1. The van der Waals surface area contributed by atoms with Gasteiger partial charge in [-0.1, -0.05) is 11.6 Å². The molecule has 0 spiro atoms. The van der Waals surface area contributed by atoms with Crippen LogP contribution in [0.3, 0.4) is 0 Å². The van der Waals surface area contributed by atoms with Crippen LogP contribution in [0.1, 0.15) is 69.7 Å². The van der Waals surface area contributed by atoms with Gasteiger partial charge in [0.2, 0.25) is 0 Å². The number of nitrogens with one attached hydrogen (secondary N) is 3. The molecular formula is C28H32ClF3N8O3S. The summed E-state index contributed by atoms with van der Waals surface area (Å²) in [6, 6.07) is 5.31. The second kappa shape index (κ2) is 11.4. The Morgan fingerprint density at radius 1 is 1.23 bits per heavy atom. The van der Waals surface area contributed by atoms with Gasteiger partial charge in [0.15, 0.2) is 0 Å². The molecular weight excluding hydrogens is 621 g/mol. The Labute approximate surface area is 259 Å². The molecule has 4 heterocycles. The third-order valence-electron chi connectivity index (χ3n) is 7.19. The molecule has 0 aromatic carbocycles. The molecule has 0 radical (unpaired) electrons. The van der Waals surface area contributed by atoms with Gasteiger partial charge in [-0.2, -0.15) is 5.26 Å². The Bertz CT molecular complexity index is 1640. The van der Waals surface area contributed by atoms with Crippen molar-refractivity contribution in [2.24, 2.45) is 10.7 Å². The second-order valence-corrected chi connectivity index (χ2v) is 15.0. The minimum Gasteiger partial charge on any atom is -0.444 e. The first-order valence-corrected chi connectivity index (χ1v) is 15.0. The van der Waals surface area contributed by atoms with Crippen molar-refractivity contribution in [2.45, 2.75) is 74.6 Å². The zero-order valence-corrected chi connectivity index (χ0v) is 26.4. The SMILES string of the molecule is CC(C)(C)OC(=O)NC1=N[C@](C)(c2nc(NC(=O)c3ncc(C#N)cc3Cl)ccc2F)[C@]2(CC(F)(F)CN)NC=[S@@]2C1(C)C. The summed E-state index contributed by atoms with van der Waals surface area (Å²) in [5.74, 6) is -5.16. The minimum atomic E-state index is -3.38. The number of amidine groups is 1. The van der Waals surface area contributed by atoms with Crippen molar-refractivity contribution in [1.82, 2.24) is 20.6 Å². The standard InChI is InChI=1S/C28H32ClF3N8O3S/c1-24(2,3)43-23(42)39-22-25(4,5)44-14-36-28(44,12-27(31,32)13-34)26(6,40-22)20-17(30)7-8-18(37-20)38-21(41)19-16(29)9-15(10-33)11-35-19/h7-9,11,14,36H,12-13,34H2,1-6H3,(H,37,38,41)(H,39,40,42)/t26-,28-,44-/m1/s1. The number of carbonyl (C=O) groups excluding carboxylic acids is 2.